The molecule has 1 aromatic carbocycles. The number of nitrogens with zero attached hydrogens (tertiary/aromatic N) is 1. The molecule has 0 spiro atoms. The molecule has 1 aromatic rings. The van der Waals surface area contributed by atoms with Crippen LogP contribution in [0.4, 0.5) is 0 Å². The van der Waals surface area contributed by atoms with E-state index in [-0.39, 0.29) is 5.78 Å². The lowest BCUT2D eigenvalue weighted by Gasteiger charge is -2.18. The average Bonchev–Trinajstić information content (AvgIpc) is 2.29. The predicted molar refractivity (Wildman–Crippen MR) is 54.7 cm³/mol. The number of ether oxygens (including phenoxy) is 1. The monoisotopic (exact) mass is 201 g/mol. The van der Waals surface area contributed by atoms with Crippen LogP contribution < -0.4 is 4.74 Å². The summed E-state index contributed by atoms with van der Waals surface area (Å²) < 4.78 is 5.09. The van der Waals surface area contributed by atoms with Gasteiger partial charge in [0.05, 0.1) is 13.2 Å². The van der Waals surface area contributed by atoms with Gasteiger partial charge in [-0.3, -0.25) is 4.79 Å². The number of hydrogen-bond donors (Lipinski definition) is 0. The van der Waals surface area contributed by atoms with Crippen molar-refractivity contribution in [2.75, 3.05) is 7.11 Å². The molecule has 15 heavy (non-hydrogen) atoms. The van der Waals surface area contributed by atoms with Gasteiger partial charge in [-0.25, -0.2) is 0 Å². The normalized spacial score (nSPS) is 19.2. The Bertz CT molecular complexity index is 445. The van der Waals surface area contributed by atoms with Crippen LogP contribution >= 0.6 is 0 Å². The van der Waals surface area contributed by atoms with Crippen molar-refractivity contribution < 1.29 is 9.53 Å². The highest BCUT2D eigenvalue weighted by atomic mass is 16.5. The van der Waals surface area contributed by atoms with E-state index in [0.29, 0.717) is 12.0 Å². The first-order chi connectivity index (χ1) is 7.26. The fourth-order valence-electron chi connectivity index (χ4n) is 1.89. The zero-order chi connectivity index (χ0) is 10.8. The van der Waals surface area contributed by atoms with Gasteiger partial charge in [0.25, 0.3) is 0 Å². The minimum atomic E-state index is -0.467. The van der Waals surface area contributed by atoms with Crippen LogP contribution in [0.15, 0.2) is 18.2 Å². The number of nitriles is 1. The van der Waals surface area contributed by atoms with Gasteiger partial charge in [-0.2, -0.15) is 5.26 Å². The standard InChI is InChI=1S/C12H11NO2/c1-15-10-4-5-11-8(6-10)2-3-9(7-13)12(11)14/h4-6,9H,2-3H2,1H3. The maximum absolute atomic E-state index is 11.8. The van der Waals surface area contributed by atoms with Crippen LogP contribution in [0.1, 0.15) is 22.3 Å². The molecule has 1 unspecified atom stereocenters. The van der Waals surface area contributed by atoms with Crippen LogP contribution in [0.3, 0.4) is 0 Å². The van der Waals surface area contributed by atoms with Crippen LogP contribution in [0.5, 0.6) is 5.75 Å². The van der Waals surface area contributed by atoms with Crippen LogP contribution in [0.25, 0.3) is 0 Å². The number of rotatable bonds is 1. The second-order valence-electron chi connectivity index (χ2n) is 3.61. The number of hydrogen-bond acceptors (Lipinski definition) is 3. The Kier molecular flexibility index (Phi) is 2.42. The molecule has 2 rings (SSSR count). The third-order valence-corrected chi connectivity index (χ3v) is 2.75. The Morgan fingerprint density at radius 2 is 2.33 bits per heavy atom. The summed E-state index contributed by atoms with van der Waals surface area (Å²) in [4.78, 5) is 11.8. The lowest BCUT2D eigenvalue weighted by Crippen LogP contribution is -2.21. The lowest BCUT2D eigenvalue weighted by atomic mass is 9.83. The Morgan fingerprint density at radius 3 is 3.00 bits per heavy atom. The summed E-state index contributed by atoms with van der Waals surface area (Å²) in [7, 11) is 1.60. The Morgan fingerprint density at radius 1 is 1.53 bits per heavy atom. The van der Waals surface area contributed by atoms with Crippen LogP contribution in [-0.2, 0) is 6.42 Å². The summed E-state index contributed by atoms with van der Waals surface area (Å²) in [5.41, 5.74) is 1.67. The van der Waals surface area contributed by atoms with Crippen molar-refractivity contribution in [3.8, 4) is 11.8 Å². The van der Waals surface area contributed by atoms with Gasteiger partial charge < -0.3 is 4.74 Å². The number of methoxy groups -OCH3 is 1. The quantitative estimate of drug-likeness (QED) is 0.697. The third-order valence-electron chi connectivity index (χ3n) is 2.75. The largest absolute Gasteiger partial charge is 0.497 e. The number of Topliss-reactive ketones (excluding diaryl/α,β-unsaturated/α-hetero) is 1. The molecule has 0 bridgehead atoms. The first-order valence-corrected chi connectivity index (χ1v) is 4.87. The molecule has 0 aromatic heterocycles. The molecule has 1 aliphatic carbocycles. The maximum Gasteiger partial charge on any atom is 0.180 e. The number of carbonyl (C=O) groups is 1. The smallest absolute Gasteiger partial charge is 0.180 e. The molecule has 76 valence electrons. The molecule has 0 heterocycles. The number of ketones is 1. The fourth-order valence-corrected chi connectivity index (χ4v) is 1.89. The second-order valence-corrected chi connectivity index (χ2v) is 3.61. The summed E-state index contributed by atoms with van der Waals surface area (Å²) >= 11 is 0. The molecule has 0 amide bonds. The van der Waals surface area contributed by atoms with Gasteiger partial charge in [0, 0.05) is 5.56 Å². The molecule has 3 heteroatoms. The molecule has 3 nitrogen and oxygen atoms in total. The number of carbonyl (C=O) groups excluding carboxylic acids is 1. The van der Waals surface area contributed by atoms with Crippen LogP contribution in [-0.4, -0.2) is 12.9 Å². The third kappa shape index (κ3) is 1.59. The van der Waals surface area contributed by atoms with E-state index in [1.807, 2.05) is 12.1 Å². The second kappa shape index (κ2) is 3.74. The highest BCUT2D eigenvalue weighted by molar-refractivity contribution is 6.01. The van der Waals surface area contributed by atoms with Crippen molar-refractivity contribution in [3.63, 3.8) is 0 Å². The van der Waals surface area contributed by atoms with Crippen molar-refractivity contribution in [2.24, 2.45) is 5.92 Å². The number of aryl methyl sites for hydroxylation is 1. The molecule has 0 saturated heterocycles. The van der Waals surface area contributed by atoms with E-state index in [1.54, 1.807) is 19.2 Å². The molecule has 0 fully saturated rings. The lowest BCUT2D eigenvalue weighted by molar-refractivity contribution is 0.0934. The topological polar surface area (TPSA) is 50.1 Å². The van der Waals surface area contributed by atoms with Gasteiger partial charge in [0.2, 0.25) is 0 Å². The van der Waals surface area contributed by atoms with Gasteiger partial charge in [0.1, 0.15) is 11.7 Å². The molecule has 0 N–H and O–H groups in total. The highest BCUT2D eigenvalue weighted by Crippen LogP contribution is 2.28. The summed E-state index contributed by atoms with van der Waals surface area (Å²) in [6.45, 7) is 0. The zero-order valence-corrected chi connectivity index (χ0v) is 8.49. The molecule has 1 aliphatic rings. The van der Waals surface area contributed by atoms with Crippen LogP contribution in [0, 0.1) is 17.2 Å². The van der Waals surface area contributed by atoms with Gasteiger partial charge in [0.15, 0.2) is 5.78 Å². The summed E-state index contributed by atoms with van der Waals surface area (Å²) in [6, 6.07) is 7.43. The van der Waals surface area contributed by atoms with E-state index in [9.17, 15) is 4.79 Å². The van der Waals surface area contributed by atoms with Crippen molar-refractivity contribution in [2.45, 2.75) is 12.8 Å². The maximum atomic E-state index is 11.8. The molecular weight excluding hydrogens is 190 g/mol. The van der Waals surface area contributed by atoms with E-state index >= 15 is 0 Å². The molecule has 0 saturated carbocycles. The van der Waals surface area contributed by atoms with Gasteiger partial charge in [-0.1, -0.05) is 0 Å². The first-order valence-electron chi connectivity index (χ1n) is 4.87. The summed E-state index contributed by atoms with van der Waals surface area (Å²) in [5, 5.41) is 8.79. The summed E-state index contributed by atoms with van der Waals surface area (Å²) in [6.07, 6.45) is 1.39. The summed E-state index contributed by atoms with van der Waals surface area (Å²) in [5.74, 6) is 0.240. The van der Waals surface area contributed by atoms with E-state index in [2.05, 4.69) is 0 Å². The van der Waals surface area contributed by atoms with Crippen molar-refractivity contribution in [1.82, 2.24) is 0 Å². The fraction of sp³-hybridized carbons (Fsp3) is 0.333. The van der Waals surface area contributed by atoms with Gasteiger partial charge in [-0.15, -0.1) is 0 Å². The van der Waals surface area contributed by atoms with E-state index < -0.39 is 5.92 Å². The van der Waals surface area contributed by atoms with E-state index in [0.717, 1.165) is 17.7 Å². The number of benzene rings is 1. The highest BCUT2D eigenvalue weighted by Gasteiger charge is 2.27. The molecule has 0 aliphatic heterocycles. The molecular formula is C12H11NO2. The molecule has 1 atom stereocenters. The SMILES string of the molecule is COc1ccc2c(c1)CCC(C#N)C2=O. The van der Waals surface area contributed by atoms with Crippen molar-refractivity contribution >= 4 is 5.78 Å². The van der Waals surface area contributed by atoms with Crippen LogP contribution in [0.2, 0.25) is 0 Å². The minimum absolute atomic E-state index is 0.0543. The van der Waals surface area contributed by atoms with Crippen molar-refractivity contribution in [3.05, 3.63) is 29.3 Å². The number of fused-ring (bicyclic) bond motifs is 1. The Hall–Kier alpha value is -1.82. The Labute approximate surface area is 88.3 Å². The zero-order valence-electron chi connectivity index (χ0n) is 8.49. The minimum Gasteiger partial charge on any atom is -0.497 e. The first kappa shape index (κ1) is 9.72. The predicted octanol–water partition coefficient (Wildman–Crippen LogP) is 1.96. The van der Waals surface area contributed by atoms with E-state index in [1.165, 1.54) is 0 Å². The average molecular weight is 201 g/mol. The Balaban J connectivity index is 2.42. The van der Waals surface area contributed by atoms with E-state index in [4.69, 9.17) is 10.00 Å². The van der Waals surface area contributed by atoms with Gasteiger partial charge >= 0.3 is 0 Å². The van der Waals surface area contributed by atoms with Gasteiger partial charge in [-0.05, 0) is 36.6 Å². The van der Waals surface area contributed by atoms with Crippen molar-refractivity contribution in [1.29, 1.82) is 5.26 Å². The molecule has 0 radical (unpaired) electrons.